The van der Waals surface area contributed by atoms with Gasteiger partial charge in [0.25, 0.3) is 5.91 Å². The number of nitrogens with zero attached hydrogens (tertiary/aromatic N) is 3. The van der Waals surface area contributed by atoms with Crippen molar-refractivity contribution in [2.24, 2.45) is 7.05 Å². The second-order valence-corrected chi connectivity index (χ2v) is 5.39. The van der Waals surface area contributed by atoms with Gasteiger partial charge in [-0.15, -0.1) is 0 Å². The Morgan fingerprint density at radius 3 is 2.68 bits per heavy atom. The van der Waals surface area contributed by atoms with E-state index in [9.17, 15) is 4.79 Å². The van der Waals surface area contributed by atoms with E-state index in [-0.39, 0.29) is 11.9 Å². The maximum Gasteiger partial charge on any atom is 0.274 e. The number of amides is 1. The fourth-order valence-corrected chi connectivity index (χ4v) is 2.52. The van der Waals surface area contributed by atoms with Crippen LogP contribution in [-0.4, -0.2) is 27.4 Å². The van der Waals surface area contributed by atoms with E-state index in [0.29, 0.717) is 5.69 Å². The van der Waals surface area contributed by atoms with Gasteiger partial charge in [-0.05, 0) is 18.6 Å². The Bertz CT molecular complexity index is 594. The second kappa shape index (κ2) is 5.57. The van der Waals surface area contributed by atoms with E-state index in [1.165, 1.54) is 0 Å². The average Bonchev–Trinajstić information content (AvgIpc) is 2.83. The van der Waals surface area contributed by atoms with Gasteiger partial charge >= 0.3 is 0 Å². The molecule has 100 valence electrons. The van der Waals surface area contributed by atoms with Crippen molar-refractivity contribution in [3.05, 3.63) is 52.5 Å². The standard InChI is InChI=1S/C14H16BrN3O/c1-10(11-6-4-5-7-12(11)15)18(3)14(19)13-8-17(2)9-16-13/h4-10H,1-3H3. The number of hydrogen-bond acceptors (Lipinski definition) is 2. The van der Waals surface area contributed by atoms with Gasteiger partial charge in [0.15, 0.2) is 0 Å². The Morgan fingerprint density at radius 2 is 2.11 bits per heavy atom. The summed E-state index contributed by atoms with van der Waals surface area (Å²) in [5.41, 5.74) is 1.54. The highest BCUT2D eigenvalue weighted by molar-refractivity contribution is 9.10. The van der Waals surface area contributed by atoms with Crippen molar-refractivity contribution in [3.63, 3.8) is 0 Å². The van der Waals surface area contributed by atoms with E-state index in [0.717, 1.165) is 10.0 Å². The molecule has 1 heterocycles. The van der Waals surface area contributed by atoms with Crippen molar-refractivity contribution in [2.45, 2.75) is 13.0 Å². The molecule has 0 fully saturated rings. The number of benzene rings is 1. The zero-order valence-corrected chi connectivity index (χ0v) is 12.8. The number of carbonyl (C=O) groups is 1. The first-order valence-corrected chi connectivity index (χ1v) is 6.79. The first kappa shape index (κ1) is 13.8. The van der Waals surface area contributed by atoms with Gasteiger partial charge in [0.05, 0.1) is 12.4 Å². The van der Waals surface area contributed by atoms with Crippen molar-refractivity contribution in [1.29, 1.82) is 0 Å². The van der Waals surface area contributed by atoms with Gasteiger partial charge in [0, 0.05) is 24.8 Å². The van der Waals surface area contributed by atoms with Crippen LogP contribution in [0.25, 0.3) is 0 Å². The normalized spacial score (nSPS) is 12.2. The molecule has 1 unspecified atom stereocenters. The van der Waals surface area contributed by atoms with Gasteiger partial charge in [0.1, 0.15) is 5.69 Å². The summed E-state index contributed by atoms with van der Waals surface area (Å²) in [4.78, 5) is 18.1. The SMILES string of the molecule is CC(c1ccccc1Br)N(C)C(=O)c1cn(C)cn1. The Kier molecular flexibility index (Phi) is 4.04. The fraction of sp³-hybridized carbons (Fsp3) is 0.286. The first-order chi connectivity index (χ1) is 9.00. The van der Waals surface area contributed by atoms with Gasteiger partial charge in [-0.25, -0.2) is 4.98 Å². The number of aromatic nitrogens is 2. The first-order valence-electron chi connectivity index (χ1n) is 6.00. The van der Waals surface area contributed by atoms with Crippen molar-refractivity contribution in [3.8, 4) is 0 Å². The van der Waals surface area contributed by atoms with E-state index < -0.39 is 0 Å². The fourth-order valence-electron chi connectivity index (χ4n) is 1.90. The number of carbonyl (C=O) groups excluding carboxylic acids is 1. The minimum Gasteiger partial charge on any atom is -0.340 e. The molecule has 0 radical (unpaired) electrons. The maximum absolute atomic E-state index is 12.3. The molecule has 1 aromatic carbocycles. The lowest BCUT2D eigenvalue weighted by Crippen LogP contribution is -2.30. The number of imidazole rings is 1. The van der Waals surface area contributed by atoms with Crippen LogP contribution < -0.4 is 0 Å². The highest BCUT2D eigenvalue weighted by atomic mass is 79.9. The van der Waals surface area contributed by atoms with Crippen LogP contribution in [0.2, 0.25) is 0 Å². The van der Waals surface area contributed by atoms with Crippen LogP contribution in [-0.2, 0) is 7.05 Å². The molecule has 1 amide bonds. The van der Waals surface area contributed by atoms with Crippen LogP contribution >= 0.6 is 15.9 Å². The largest absolute Gasteiger partial charge is 0.340 e. The Balaban J connectivity index is 2.22. The molecule has 0 N–H and O–H groups in total. The lowest BCUT2D eigenvalue weighted by Gasteiger charge is -2.25. The molecule has 0 aliphatic rings. The molecule has 1 atom stereocenters. The molecule has 2 rings (SSSR count). The lowest BCUT2D eigenvalue weighted by molar-refractivity contribution is 0.0736. The van der Waals surface area contributed by atoms with Crippen LogP contribution in [0.1, 0.15) is 29.0 Å². The van der Waals surface area contributed by atoms with Crippen LogP contribution in [0, 0.1) is 0 Å². The third-order valence-corrected chi connectivity index (χ3v) is 3.90. The molecule has 0 spiro atoms. The van der Waals surface area contributed by atoms with Gasteiger partial charge in [-0.1, -0.05) is 34.1 Å². The molecule has 0 saturated heterocycles. The van der Waals surface area contributed by atoms with Crippen LogP contribution in [0.5, 0.6) is 0 Å². The highest BCUT2D eigenvalue weighted by Crippen LogP contribution is 2.27. The highest BCUT2D eigenvalue weighted by Gasteiger charge is 2.21. The van der Waals surface area contributed by atoms with Crippen molar-refractivity contribution in [1.82, 2.24) is 14.5 Å². The van der Waals surface area contributed by atoms with E-state index in [1.54, 1.807) is 29.0 Å². The Labute approximate surface area is 121 Å². The summed E-state index contributed by atoms with van der Waals surface area (Å²) < 4.78 is 2.77. The summed E-state index contributed by atoms with van der Waals surface area (Å²) in [6, 6.07) is 7.89. The minimum atomic E-state index is -0.0798. The third kappa shape index (κ3) is 2.87. The van der Waals surface area contributed by atoms with Crippen LogP contribution in [0.15, 0.2) is 41.3 Å². The van der Waals surface area contributed by atoms with Crippen molar-refractivity contribution in [2.75, 3.05) is 7.05 Å². The van der Waals surface area contributed by atoms with E-state index in [1.807, 2.05) is 38.2 Å². The Hall–Kier alpha value is -1.62. The smallest absolute Gasteiger partial charge is 0.274 e. The van der Waals surface area contributed by atoms with Gasteiger partial charge in [0.2, 0.25) is 0 Å². The second-order valence-electron chi connectivity index (χ2n) is 4.54. The summed E-state index contributed by atoms with van der Waals surface area (Å²) in [5.74, 6) is -0.0798. The third-order valence-electron chi connectivity index (χ3n) is 3.18. The predicted octanol–water partition coefficient (Wildman–Crippen LogP) is 3.02. The monoisotopic (exact) mass is 321 g/mol. The van der Waals surface area contributed by atoms with Crippen molar-refractivity contribution >= 4 is 21.8 Å². The molecule has 4 nitrogen and oxygen atoms in total. The minimum absolute atomic E-state index is 0.0231. The quantitative estimate of drug-likeness (QED) is 0.871. The van der Waals surface area contributed by atoms with Crippen LogP contribution in [0.4, 0.5) is 0 Å². The molecular weight excluding hydrogens is 306 g/mol. The number of rotatable bonds is 3. The van der Waals surface area contributed by atoms with Crippen molar-refractivity contribution < 1.29 is 4.79 Å². The van der Waals surface area contributed by atoms with Gasteiger partial charge in [-0.2, -0.15) is 0 Å². The van der Waals surface area contributed by atoms with E-state index in [2.05, 4.69) is 20.9 Å². The summed E-state index contributed by atoms with van der Waals surface area (Å²) in [5, 5.41) is 0. The molecule has 19 heavy (non-hydrogen) atoms. The van der Waals surface area contributed by atoms with Gasteiger partial charge in [-0.3, -0.25) is 4.79 Å². The number of aryl methyl sites for hydroxylation is 1. The molecule has 1 aromatic heterocycles. The maximum atomic E-state index is 12.3. The summed E-state index contributed by atoms with van der Waals surface area (Å²) in [7, 11) is 3.64. The number of hydrogen-bond donors (Lipinski definition) is 0. The molecule has 0 saturated carbocycles. The average molecular weight is 322 g/mol. The molecule has 2 aromatic rings. The zero-order chi connectivity index (χ0) is 14.0. The summed E-state index contributed by atoms with van der Waals surface area (Å²) in [6.07, 6.45) is 3.36. The number of halogens is 1. The molecular formula is C14H16BrN3O. The van der Waals surface area contributed by atoms with Gasteiger partial charge < -0.3 is 9.47 Å². The summed E-state index contributed by atoms with van der Waals surface area (Å²) >= 11 is 3.52. The lowest BCUT2D eigenvalue weighted by atomic mass is 10.1. The van der Waals surface area contributed by atoms with Crippen LogP contribution in [0.3, 0.4) is 0 Å². The molecule has 0 aliphatic carbocycles. The topological polar surface area (TPSA) is 38.1 Å². The van der Waals surface area contributed by atoms with E-state index in [4.69, 9.17) is 0 Å². The molecule has 0 aliphatic heterocycles. The molecule has 5 heteroatoms. The Morgan fingerprint density at radius 1 is 1.42 bits per heavy atom. The zero-order valence-electron chi connectivity index (χ0n) is 11.2. The van der Waals surface area contributed by atoms with E-state index >= 15 is 0 Å². The predicted molar refractivity (Wildman–Crippen MR) is 77.9 cm³/mol. The molecule has 0 bridgehead atoms. The summed E-state index contributed by atoms with van der Waals surface area (Å²) in [6.45, 7) is 2.00.